The quantitative estimate of drug-likeness (QED) is 0.789. The van der Waals surface area contributed by atoms with E-state index in [1.165, 1.54) is 0 Å². The number of ether oxygens (including phenoxy) is 2. The number of benzene rings is 1. The van der Waals surface area contributed by atoms with E-state index in [2.05, 4.69) is 5.32 Å². The number of carbonyl (C=O) groups excluding carboxylic acids is 1. The summed E-state index contributed by atoms with van der Waals surface area (Å²) in [6.45, 7) is 2.67. The van der Waals surface area contributed by atoms with Gasteiger partial charge in [-0.15, -0.1) is 0 Å². The van der Waals surface area contributed by atoms with Crippen LogP contribution in [0.1, 0.15) is 18.9 Å². The molecule has 1 saturated carbocycles. The van der Waals surface area contributed by atoms with Crippen molar-refractivity contribution in [2.24, 2.45) is 5.73 Å². The van der Waals surface area contributed by atoms with Crippen molar-refractivity contribution in [2.75, 3.05) is 19.0 Å². The van der Waals surface area contributed by atoms with Crippen LogP contribution in [-0.4, -0.2) is 37.9 Å². The Kier molecular flexibility index (Phi) is 4.98. The summed E-state index contributed by atoms with van der Waals surface area (Å²) in [6.07, 6.45) is 1.32. The van der Waals surface area contributed by atoms with E-state index in [0.717, 1.165) is 17.7 Å². The van der Waals surface area contributed by atoms with E-state index in [-0.39, 0.29) is 30.6 Å². The highest BCUT2D eigenvalue weighted by Crippen LogP contribution is 2.30. The van der Waals surface area contributed by atoms with Gasteiger partial charge in [0.25, 0.3) is 0 Å². The van der Waals surface area contributed by atoms with Crippen molar-refractivity contribution in [3.8, 4) is 0 Å². The van der Waals surface area contributed by atoms with Crippen LogP contribution >= 0.6 is 0 Å². The van der Waals surface area contributed by atoms with Gasteiger partial charge in [-0.25, -0.2) is 0 Å². The van der Waals surface area contributed by atoms with Crippen LogP contribution in [0.2, 0.25) is 0 Å². The SMILES string of the molecule is CCOC1CC(Nc2ccccc2CC(N)=O)C1OC. The van der Waals surface area contributed by atoms with Crippen LogP contribution < -0.4 is 11.1 Å². The van der Waals surface area contributed by atoms with E-state index < -0.39 is 0 Å². The predicted molar refractivity (Wildman–Crippen MR) is 77.6 cm³/mol. The summed E-state index contributed by atoms with van der Waals surface area (Å²) in [7, 11) is 1.69. The van der Waals surface area contributed by atoms with Gasteiger partial charge in [-0.1, -0.05) is 18.2 Å². The lowest BCUT2D eigenvalue weighted by atomic mass is 9.84. The molecule has 5 nitrogen and oxygen atoms in total. The average molecular weight is 278 g/mol. The Bertz CT molecular complexity index is 464. The van der Waals surface area contributed by atoms with E-state index in [1.54, 1.807) is 7.11 Å². The third-order valence-corrected chi connectivity index (χ3v) is 3.63. The first-order chi connectivity index (χ1) is 9.65. The summed E-state index contributed by atoms with van der Waals surface area (Å²) in [5.74, 6) is -0.330. The Morgan fingerprint density at radius 3 is 2.85 bits per heavy atom. The van der Waals surface area contributed by atoms with Gasteiger partial charge < -0.3 is 20.5 Å². The maximum absolute atomic E-state index is 11.1. The van der Waals surface area contributed by atoms with Gasteiger partial charge in [0.2, 0.25) is 5.91 Å². The van der Waals surface area contributed by atoms with Gasteiger partial charge >= 0.3 is 0 Å². The third kappa shape index (κ3) is 3.29. The molecule has 0 saturated heterocycles. The second kappa shape index (κ2) is 6.72. The molecule has 110 valence electrons. The number of primary amides is 1. The van der Waals surface area contributed by atoms with E-state index in [1.807, 2.05) is 31.2 Å². The van der Waals surface area contributed by atoms with Crippen LogP contribution in [-0.2, 0) is 20.7 Å². The molecule has 3 atom stereocenters. The Hall–Kier alpha value is -1.59. The number of methoxy groups -OCH3 is 1. The monoisotopic (exact) mass is 278 g/mol. The Morgan fingerprint density at radius 1 is 1.45 bits per heavy atom. The highest BCUT2D eigenvalue weighted by molar-refractivity contribution is 5.78. The van der Waals surface area contributed by atoms with Crippen LogP contribution in [0, 0.1) is 0 Å². The second-order valence-corrected chi connectivity index (χ2v) is 4.98. The summed E-state index contributed by atoms with van der Waals surface area (Å²) in [6, 6.07) is 7.91. The van der Waals surface area contributed by atoms with Crippen molar-refractivity contribution in [3.63, 3.8) is 0 Å². The topological polar surface area (TPSA) is 73.6 Å². The minimum atomic E-state index is -0.330. The fraction of sp³-hybridized carbons (Fsp3) is 0.533. The Labute approximate surface area is 119 Å². The van der Waals surface area contributed by atoms with Gasteiger partial charge in [0.15, 0.2) is 0 Å². The van der Waals surface area contributed by atoms with Crippen LogP contribution in [0.25, 0.3) is 0 Å². The van der Waals surface area contributed by atoms with Gasteiger partial charge in [0.1, 0.15) is 6.10 Å². The molecule has 0 heterocycles. The van der Waals surface area contributed by atoms with Crippen molar-refractivity contribution >= 4 is 11.6 Å². The lowest BCUT2D eigenvalue weighted by Gasteiger charge is -2.44. The molecule has 0 aliphatic heterocycles. The van der Waals surface area contributed by atoms with E-state index in [0.29, 0.717) is 6.61 Å². The molecule has 0 aromatic heterocycles. The van der Waals surface area contributed by atoms with Crippen LogP contribution in [0.3, 0.4) is 0 Å². The number of hydrogen-bond acceptors (Lipinski definition) is 4. The number of nitrogens with one attached hydrogen (secondary N) is 1. The molecule has 1 aliphatic rings. The van der Waals surface area contributed by atoms with Crippen LogP contribution in [0.4, 0.5) is 5.69 Å². The number of rotatable bonds is 7. The van der Waals surface area contributed by atoms with Gasteiger partial charge in [-0.05, 0) is 25.0 Å². The standard InChI is InChI=1S/C15H22N2O3/c1-3-20-13-9-12(15(13)19-2)17-11-7-5-4-6-10(11)8-14(16)18/h4-7,12-13,15,17H,3,8-9H2,1-2H3,(H2,16,18). The third-order valence-electron chi connectivity index (χ3n) is 3.63. The van der Waals surface area contributed by atoms with Gasteiger partial charge in [0.05, 0.1) is 18.6 Å². The zero-order chi connectivity index (χ0) is 14.5. The van der Waals surface area contributed by atoms with E-state index in [9.17, 15) is 4.79 Å². The number of hydrogen-bond donors (Lipinski definition) is 2. The minimum absolute atomic E-state index is 0.0385. The molecule has 1 fully saturated rings. The van der Waals surface area contributed by atoms with Gasteiger partial charge in [-0.3, -0.25) is 4.79 Å². The molecule has 1 aliphatic carbocycles. The summed E-state index contributed by atoms with van der Waals surface area (Å²) < 4.78 is 11.1. The molecule has 0 bridgehead atoms. The fourth-order valence-corrected chi connectivity index (χ4v) is 2.62. The smallest absolute Gasteiger partial charge is 0.221 e. The molecule has 20 heavy (non-hydrogen) atoms. The van der Waals surface area contributed by atoms with Crippen molar-refractivity contribution in [3.05, 3.63) is 29.8 Å². The van der Waals surface area contributed by atoms with Crippen molar-refractivity contribution in [1.82, 2.24) is 0 Å². The van der Waals surface area contributed by atoms with Crippen LogP contribution in [0.5, 0.6) is 0 Å². The summed E-state index contributed by atoms with van der Waals surface area (Å²) >= 11 is 0. The molecule has 1 amide bonds. The molecule has 5 heteroatoms. The van der Waals surface area contributed by atoms with Crippen LogP contribution in [0.15, 0.2) is 24.3 Å². The number of nitrogens with two attached hydrogens (primary N) is 1. The largest absolute Gasteiger partial charge is 0.379 e. The molecule has 2 rings (SSSR count). The number of amides is 1. The molecule has 3 N–H and O–H groups in total. The second-order valence-electron chi connectivity index (χ2n) is 4.98. The number of anilines is 1. The number of carbonyl (C=O) groups is 1. The lowest BCUT2D eigenvalue weighted by Crippen LogP contribution is -2.56. The van der Waals surface area contributed by atoms with Crippen molar-refractivity contribution < 1.29 is 14.3 Å². The van der Waals surface area contributed by atoms with Crippen molar-refractivity contribution in [2.45, 2.75) is 38.0 Å². The number of para-hydroxylation sites is 1. The van der Waals surface area contributed by atoms with E-state index >= 15 is 0 Å². The van der Waals surface area contributed by atoms with E-state index in [4.69, 9.17) is 15.2 Å². The summed E-state index contributed by atoms with van der Waals surface area (Å²) in [5.41, 5.74) is 7.12. The molecule has 1 aromatic rings. The molecule has 0 radical (unpaired) electrons. The minimum Gasteiger partial charge on any atom is -0.379 e. The Balaban J connectivity index is 2.02. The highest BCUT2D eigenvalue weighted by atomic mass is 16.5. The highest BCUT2D eigenvalue weighted by Gasteiger charge is 2.42. The maximum atomic E-state index is 11.1. The molecular formula is C15H22N2O3. The van der Waals surface area contributed by atoms with Gasteiger partial charge in [-0.2, -0.15) is 0 Å². The zero-order valence-electron chi connectivity index (χ0n) is 12.0. The normalized spacial score (nSPS) is 25.0. The first-order valence-electron chi connectivity index (χ1n) is 6.92. The zero-order valence-corrected chi connectivity index (χ0v) is 12.0. The average Bonchev–Trinajstić information content (AvgIpc) is 2.39. The molecular weight excluding hydrogens is 256 g/mol. The fourth-order valence-electron chi connectivity index (χ4n) is 2.62. The van der Waals surface area contributed by atoms with Gasteiger partial charge in [0, 0.05) is 19.4 Å². The Morgan fingerprint density at radius 2 is 2.20 bits per heavy atom. The molecule has 1 aromatic carbocycles. The first kappa shape index (κ1) is 14.8. The summed E-state index contributed by atoms with van der Waals surface area (Å²) in [5, 5.41) is 3.43. The lowest BCUT2D eigenvalue weighted by molar-refractivity contribution is -0.118. The molecule has 0 spiro atoms. The molecule has 3 unspecified atom stereocenters. The summed E-state index contributed by atoms with van der Waals surface area (Å²) in [4.78, 5) is 11.1. The van der Waals surface area contributed by atoms with Crippen molar-refractivity contribution in [1.29, 1.82) is 0 Å². The maximum Gasteiger partial charge on any atom is 0.221 e. The first-order valence-corrected chi connectivity index (χ1v) is 6.92. The predicted octanol–water partition coefficient (Wildman–Crippen LogP) is 1.32.